The highest BCUT2D eigenvalue weighted by Crippen LogP contribution is 2.11. The Bertz CT molecular complexity index is 127. The van der Waals surface area contributed by atoms with E-state index in [0.29, 0.717) is 18.3 Å². The first-order chi connectivity index (χ1) is 4.83. The number of halogens is 1. The van der Waals surface area contributed by atoms with E-state index in [9.17, 15) is 4.79 Å². The van der Waals surface area contributed by atoms with Crippen LogP contribution in [0.2, 0.25) is 0 Å². The second kappa shape index (κ2) is 3.81. The van der Waals surface area contributed by atoms with Gasteiger partial charge < -0.3 is 5.32 Å². The molecule has 1 atom stereocenters. The van der Waals surface area contributed by atoms with E-state index < -0.39 is 0 Å². The van der Waals surface area contributed by atoms with Crippen molar-refractivity contribution in [2.45, 2.75) is 31.7 Å². The van der Waals surface area contributed by atoms with Crippen molar-refractivity contribution in [1.82, 2.24) is 5.32 Å². The molecule has 1 aliphatic rings. The largest absolute Gasteiger partial charge is 0.353 e. The molecule has 1 unspecified atom stereocenters. The van der Waals surface area contributed by atoms with E-state index >= 15 is 0 Å². The Morgan fingerprint density at radius 1 is 1.70 bits per heavy atom. The van der Waals surface area contributed by atoms with Gasteiger partial charge in [-0.25, -0.2) is 0 Å². The van der Waals surface area contributed by atoms with Crippen LogP contribution in [0.1, 0.15) is 25.7 Å². The van der Waals surface area contributed by atoms with Crippen LogP contribution >= 0.6 is 11.6 Å². The molecule has 1 fully saturated rings. The first-order valence-electron chi connectivity index (χ1n) is 3.68. The normalized spacial score (nSPS) is 24.9. The Balaban J connectivity index is 2.12. The molecule has 1 N–H and O–H groups in total. The van der Waals surface area contributed by atoms with Gasteiger partial charge in [-0.3, -0.25) is 4.79 Å². The van der Waals surface area contributed by atoms with Crippen LogP contribution in [0.5, 0.6) is 0 Å². The molecule has 1 amide bonds. The lowest BCUT2D eigenvalue weighted by Gasteiger charge is -2.06. The number of alkyl halides is 1. The molecule has 1 heterocycles. The van der Waals surface area contributed by atoms with Crippen molar-refractivity contribution < 1.29 is 4.79 Å². The summed E-state index contributed by atoms with van der Waals surface area (Å²) in [5.41, 5.74) is 0. The predicted octanol–water partition coefficient (Wildman–Crippen LogP) is 1.28. The Labute approximate surface area is 65.9 Å². The zero-order valence-electron chi connectivity index (χ0n) is 5.90. The summed E-state index contributed by atoms with van der Waals surface area (Å²) >= 11 is 5.50. The van der Waals surface area contributed by atoms with Crippen LogP contribution in [-0.2, 0) is 4.79 Å². The van der Waals surface area contributed by atoms with Crippen molar-refractivity contribution >= 4 is 17.5 Å². The van der Waals surface area contributed by atoms with Gasteiger partial charge >= 0.3 is 0 Å². The molecule has 0 aromatic carbocycles. The summed E-state index contributed by atoms with van der Waals surface area (Å²) in [7, 11) is 0. The molecule has 0 spiro atoms. The van der Waals surface area contributed by atoms with Crippen LogP contribution in [-0.4, -0.2) is 17.8 Å². The quantitative estimate of drug-likeness (QED) is 0.621. The van der Waals surface area contributed by atoms with E-state index in [1.54, 1.807) is 0 Å². The van der Waals surface area contributed by atoms with E-state index in [4.69, 9.17) is 11.6 Å². The number of rotatable bonds is 3. The van der Waals surface area contributed by atoms with Crippen molar-refractivity contribution in [2.75, 3.05) is 5.88 Å². The van der Waals surface area contributed by atoms with Crippen molar-refractivity contribution in [3.05, 3.63) is 0 Å². The molecular weight excluding hydrogens is 150 g/mol. The van der Waals surface area contributed by atoms with Crippen molar-refractivity contribution in [2.24, 2.45) is 0 Å². The molecule has 10 heavy (non-hydrogen) atoms. The minimum Gasteiger partial charge on any atom is -0.353 e. The van der Waals surface area contributed by atoms with Crippen molar-refractivity contribution in [3.63, 3.8) is 0 Å². The third-order valence-electron chi connectivity index (χ3n) is 1.77. The zero-order chi connectivity index (χ0) is 7.40. The number of nitrogens with one attached hydrogen (secondary N) is 1. The smallest absolute Gasteiger partial charge is 0.220 e. The predicted molar refractivity (Wildman–Crippen MR) is 41.1 cm³/mol. The molecule has 58 valence electrons. The summed E-state index contributed by atoms with van der Waals surface area (Å²) in [5, 5.41) is 2.89. The maximum Gasteiger partial charge on any atom is 0.220 e. The van der Waals surface area contributed by atoms with Crippen LogP contribution in [0.25, 0.3) is 0 Å². The highest BCUT2D eigenvalue weighted by molar-refractivity contribution is 6.17. The second-order valence-corrected chi connectivity index (χ2v) is 3.01. The number of carbonyl (C=O) groups is 1. The van der Waals surface area contributed by atoms with Gasteiger partial charge in [0.2, 0.25) is 5.91 Å². The Morgan fingerprint density at radius 3 is 3.00 bits per heavy atom. The van der Waals surface area contributed by atoms with Gasteiger partial charge in [0.25, 0.3) is 0 Å². The molecule has 2 nitrogen and oxygen atoms in total. The molecule has 3 heteroatoms. The van der Waals surface area contributed by atoms with Gasteiger partial charge in [-0.05, 0) is 19.3 Å². The summed E-state index contributed by atoms with van der Waals surface area (Å²) in [6.07, 6.45) is 3.74. The molecular formula is C7H12ClNO. The van der Waals surface area contributed by atoms with Gasteiger partial charge in [-0.2, -0.15) is 0 Å². The second-order valence-electron chi connectivity index (χ2n) is 2.63. The van der Waals surface area contributed by atoms with E-state index in [-0.39, 0.29) is 5.91 Å². The van der Waals surface area contributed by atoms with Gasteiger partial charge in [0.15, 0.2) is 0 Å². The average molecular weight is 162 g/mol. The lowest BCUT2D eigenvalue weighted by Crippen LogP contribution is -2.24. The fourth-order valence-electron chi connectivity index (χ4n) is 1.22. The fourth-order valence-corrected chi connectivity index (χ4v) is 1.37. The van der Waals surface area contributed by atoms with E-state index in [1.807, 2.05) is 0 Å². The molecule has 0 bridgehead atoms. The monoisotopic (exact) mass is 161 g/mol. The molecule has 1 rings (SSSR count). The molecule has 0 aromatic rings. The number of carbonyl (C=O) groups excluding carboxylic acids is 1. The average Bonchev–Trinajstić information content (AvgIpc) is 2.31. The third kappa shape index (κ3) is 2.18. The summed E-state index contributed by atoms with van der Waals surface area (Å²) in [6, 6.07) is 0.409. The zero-order valence-corrected chi connectivity index (χ0v) is 6.66. The van der Waals surface area contributed by atoms with Crippen LogP contribution in [0.15, 0.2) is 0 Å². The Morgan fingerprint density at radius 2 is 2.50 bits per heavy atom. The van der Waals surface area contributed by atoms with Gasteiger partial charge in [0.1, 0.15) is 0 Å². The van der Waals surface area contributed by atoms with E-state index in [1.165, 1.54) is 0 Å². The van der Waals surface area contributed by atoms with Crippen LogP contribution < -0.4 is 5.32 Å². The highest BCUT2D eigenvalue weighted by Gasteiger charge is 2.19. The Hall–Kier alpha value is -0.240. The maximum absolute atomic E-state index is 10.7. The van der Waals surface area contributed by atoms with Crippen molar-refractivity contribution in [3.8, 4) is 0 Å². The van der Waals surface area contributed by atoms with Gasteiger partial charge in [-0.1, -0.05) is 0 Å². The van der Waals surface area contributed by atoms with E-state index in [0.717, 1.165) is 19.3 Å². The van der Waals surface area contributed by atoms with E-state index in [2.05, 4.69) is 5.32 Å². The third-order valence-corrected chi connectivity index (χ3v) is 2.04. The van der Waals surface area contributed by atoms with Gasteiger partial charge in [0, 0.05) is 18.3 Å². The van der Waals surface area contributed by atoms with Crippen LogP contribution in [0.3, 0.4) is 0 Å². The first-order valence-corrected chi connectivity index (χ1v) is 4.21. The summed E-state index contributed by atoms with van der Waals surface area (Å²) in [6.45, 7) is 0. The summed E-state index contributed by atoms with van der Waals surface area (Å²) in [4.78, 5) is 10.7. The summed E-state index contributed by atoms with van der Waals surface area (Å²) < 4.78 is 0. The van der Waals surface area contributed by atoms with Gasteiger partial charge in [-0.15, -0.1) is 11.6 Å². The van der Waals surface area contributed by atoms with Crippen LogP contribution in [0, 0.1) is 0 Å². The topological polar surface area (TPSA) is 29.1 Å². The molecule has 0 aromatic heterocycles. The molecule has 1 saturated heterocycles. The fraction of sp³-hybridized carbons (Fsp3) is 0.857. The summed E-state index contributed by atoms with van der Waals surface area (Å²) in [5.74, 6) is 0.895. The number of hydrogen-bond acceptors (Lipinski definition) is 1. The number of hydrogen-bond donors (Lipinski definition) is 1. The van der Waals surface area contributed by atoms with Gasteiger partial charge in [0.05, 0.1) is 0 Å². The standard InChI is InChI=1S/C7H12ClNO/c8-5-1-2-6-3-4-7(10)9-6/h6H,1-5H2,(H,9,10). The lowest BCUT2D eigenvalue weighted by atomic mass is 10.1. The maximum atomic E-state index is 10.7. The Kier molecular flexibility index (Phi) is 3.00. The minimum absolute atomic E-state index is 0.194. The molecule has 0 saturated carbocycles. The minimum atomic E-state index is 0.194. The lowest BCUT2D eigenvalue weighted by molar-refractivity contribution is -0.119. The molecule has 1 aliphatic heterocycles. The first kappa shape index (κ1) is 7.86. The van der Waals surface area contributed by atoms with Crippen LogP contribution in [0.4, 0.5) is 0 Å². The number of amides is 1. The highest BCUT2D eigenvalue weighted by atomic mass is 35.5. The molecule has 0 radical (unpaired) electrons. The van der Waals surface area contributed by atoms with Crippen molar-refractivity contribution in [1.29, 1.82) is 0 Å². The molecule has 0 aliphatic carbocycles. The SMILES string of the molecule is O=C1CCC(CCCCl)N1.